The number of aliphatic hydroxyl groups excluding tert-OH is 1. The molecule has 0 bridgehead atoms. The second kappa shape index (κ2) is 10.1. The number of carbonyl (C=O) groups excluding carboxylic acids is 1. The van der Waals surface area contributed by atoms with E-state index in [0.29, 0.717) is 12.2 Å². The Morgan fingerprint density at radius 3 is 2.90 bits per heavy atom. The summed E-state index contributed by atoms with van der Waals surface area (Å²) in [6, 6.07) is 7.08. The van der Waals surface area contributed by atoms with Crippen LogP contribution in [0.4, 0.5) is 10.1 Å². The fourth-order valence-electron chi connectivity index (χ4n) is 2.58. The molecule has 0 aliphatic rings. The Morgan fingerprint density at radius 1 is 1.39 bits per heavy atom. The van der Waals surface area contributed by atoms with Crippen molar-refractivity contribution in [3.8, 4) is 0 Å². The Hall–Kier alpha value is -3.30. The van der Waals surface area contributed by atoms with Gasteiger partial charge in [-0.25, -0.2) is 23.8 Å². The van der Waals surface area contributed by atoms with E-state index < -0.39 is 28.7 Å². The number of aliphatic imine (C=N–C) groups is 1. The van der Waals surface area contributed by atoms with Gasteiger partial charge in [-0.1, -0.05) is 35.3 Å². The molecule has 0 radical (unpaired) electrons. The lowest BCUT2D eigenvalue weighted by Crippen LogP contribution is -2.12. The number of esters is 1. The number of benzene rings is 1. The summed E-state index contributed by atoms with van der Waals surface area (Å²) in [5, 5.41) is 13.9. The lowest BCUT2D eigenvalue weighted by atomic mass is 10.1. The highest BCUT2D eigenvalue weighted by atomic mass is 35.5. The smallest absolute Gasteiger partial charge is 0.343 e. The van der Waals surface area contributed by atoms with E-state index in [-0.39, 0.29) is 16.8 Å². The average molecular weight is 464 g/mol. The zero-order chi connectivity index (χ0) is 22.4. The average Bonchev–Trinajstić information content (AvgIpc) is 3.25. The van der Waals surface area contributed by atoms with E-state index in [4.69, 9.17) is 27.9 Å². The van der Waals surface area contributed by atoms with E-state index in [0.717, 1.165) is 18.0 Å². The van der Waals surface area contributed by atoms with Crippen LogP contribution in [0.3, 0.4) is 0 Å². The number of aliphatic hydroxyl groups is 1. The molecule has 160 valence electrons. The SMILES string of the molecule is CCOC(=O)C(C=Nc1cccc(Cn2cncn2)c1)=C(O)c1c(Cl)ncc(Cl)c1F. The molecule has 0 aliphatic heterocycles. The fourth-order valence-corrected chi connectivity index (χ4v) is 2.94. The summed E-state index contributed by atoms with van der Waals surface area (Å²) in [7, 11) is 0. The molecule has 3 aromatic rings. The third-order valence-electron chi connectivity index (χ3n) is 3.98. The lowest BCUT2D eigenvalue weighted by molar-refractivity contribution is -0.137. The lowest BCUT2D eigenvalue weighted by Gasteiger charge is -2.09. The molecular formula is C20H16Cl2FN5O3. The number of aromatic nitrogens is 4. The number of carbonyl (C=O) groups is 1. The molecule has 2 heterocycles. The maximum atomic E-state index is 14.5. The molecule has 1 aromatic carbocycles. The zero-order valence-corrected chi connectivity index (χ0v) is 17.7. The summed E-state index contributed by atoms with van der Waals surface area (Å²) in [5.41, 5.74) is 0.416. The first-order valence-electron chi connectivity index (χ1n) is 8.96. The van der Waals surface area contributed by atoms with Gasteiger partial charge in [-0.15, -0.1) is 0 Å². The number of ether oxygens (including phenoxy) is 1. The van der Waals surface area contributed by atoms with Crippen LogP contribution in [0.5, 0.6) is 0 Å². The van der Waals surface area contributed by atoms with Crippen LogP contribution in [-0.4, -0.2) is 43.6 Å². The Labute approximate surface area is 186 Å². The first kappa shape index (κ1) is 22.4. The molecule has 0 atom stereocenters. The van der Waals surface area contributed by atoms with Gasteiger partial charge in [0.25, 0.3) is 0 Å². The van der Waals surface area contributed by atoms with Gasteiger partial charge in [-0.2, -0.15) is 5.10 Å². The van der Waals surface area contributed by atoms with E-state index in [9.17, 15) is 14.3 Å². The minimum Gasteiger partial charge on any atom is -0.506 e. The summed E-state index contributed by atoms with van der Waals surface area (Å²) in [6.07, 6.45) is 5.07. The van der Waals surface area contributed by atoms with Gasteiger partial charge in [0.2, 0.25) is 0 Å². The largest absolute Gasteiger partial charge is 0.506 e. The van der Waals surface area contributed by atoms with Crippen molar-refractivity contribution in [2.45, 2.75) is 13.5 Å². The number of nitrogens with zero attached hydrogens (tertiary/aromatic N) is 5. The van der Waals surface area contributed by atoms with E-state index in [1.165, 1.54) is 6.33 Å². The van der Waals surface area contributed by atoms with Crippen molar-refractivity contribution in [3.63, 3.8) is 0 Å². The van der Waals surface area contributed by atoms with Crippen molar-refractivity contribution in [1.82, 2.24) is 19.7 Å². The summed E-state index contributed by atoms with van der Waals surface area (Å²) in [4.78, 5) is 24.2. The number of pyridine rings is 1. The van der Waals surface area contributed by atoms with Crippen LogP contribution >= 0.6 is 23.2 Å². The van der Waals surface area contributed by atoms with Crippen molar-refractivity contribution in [2.24, 2.45) is 4.99 Å². The predicted octanol–water partition coefficient (Wildman–Crippen LogP) is 4.40. The first-order chi connectivity index (χ1) is 14.9. The number of halogens is 3. The Kier molecular flexibility index (Phi) is 7.32. The highest BCUT2D eigenvalue weighted by Crippen LogP contribution is 2.30. The fraction of sp³-hybridized carbons (Fsp3) is 0.150. The van der Waals surface area contributed by atoms with E-state index >= 15 is 0 Å². The van der Waals surface area contributed by atoms with E-state index in [2.05, 4.69) is 20.1 Å². The molecule has 11 heteroatoms. The van der Waals surface area contributed by atoms with E-state index in [1.54, 1.807) is 36.1 Å². The summed E-state index contributed by atoms with van der Waals surface area (Å²) < 4.78 is 21.0. The van der Waals surface area contributed by atoms with Gasteiger partial charge in [0.15, 0.2) is 5.82 Å². The molecule has 0 saturated heterocycles. The van der Waals surface area contributed by atoms with Crippen molar-refractivity contribution < 1.29 is 19.0 Å². The molecular weight excluding hydrogens is 448 g/mol. The van der Waals surface area contributed by atoms with Crippen LogP contribution in [-0.2, 0) is 16.1 Å². The standard InChI is InChI=1S/C20H16Cl2FN5O3/c1-2-31-20(30)14(18(29)16-17(23)15(21)8-26-19(16)22)7-25-13-5-3-4-12(6-13)9-28-11-24-10-27-28/h3-8,10-11,29H,2,9H2,1H3. The van der Waals surface area contributed by atoms with Crippen molar-refractivity contribution in [1.29, 1.82) is 0 Å². The molecule has 0 fully saturated rings. The highest BCUT2D eigenvalue weighted by molar-refractivity contribution is 6.33. The minimum absolute atomic E-state index is 0.0286. The van der Waals surface area contributed by atoms with Crippen LogP contribution in [0.25, 0.3) is 5.76 Å². The number of hydrogen-bond donors (Lipinski definition) is 1. The molecule has 0 unspecified atom stereocenters. The molecule has 0 amide bonds. The van der Waals surface area contributed by atoms with Gasteiger partial charge in [-0.05, 0) is 24.6 Å². The van der Waals surface area contributed by atoms with Crippen LogP contribution in [0.2, 0.25) is 10.2 Å². The normalized spacial score (nSPS) is 12.1. The molecule has 2 aromatic heterocycles. The molecule has 31 heavy (non-hydrogen) atoms. The Balaban J connectivity index is 1.99. The molecule has 0 spiro atoms. The van der Waals surface area contributed by atoms with Crippen LogP contribution in [0.15, 0.2) is 53.7 Å². The highest BCUT2D eigenvalue weighted by Gasteiger charge is 2.23. The molecule has 1 N–H and O–H groups in total. The van der Waals surface area contributed by atoms with Gasteiger partial charge in [-0.3, -0.25) is 4.99 Å². The first-order valence-corrected chi connectivity index (χ1v) is 9.72. The predicted molar refractivity (Wildman–Crippen MR) is 114 cm³/mol. The van der Waals surface area contributed by atoms with Gasteiger partial charge < -0.3 is 9.84 Å². The van der Waals surface area contributed by atoms with Crippen LogP contribution in [0, 0.1) is 5.82 Å². The van der Waals surface area contributed by atoms with Gasteiger partial charge in [0, 0.05) is 6.21 Å². The Morgan fingerprint density at radius 2 is 2.19 bits per heavy atom. The van der Waals surface area contributed by atoms with Gasteiger partial charge in [0.1, 0.15) is 29.1 Å². The third-order valence-corrected chi connectivity index (χ3v) is 4.53. The topological polar surface area (TPSA) is 102 Å². The maximum absolute atomic E-state index is 14.5. The summed E-state index contributed by atoms with van der Waals surface area (Å²) in [5.74, 6) is -2.74. The van der Waals surface area contributed by atoms with Crippen LogP contribution < -0.4 is 0 Å². The van der Waals surface area contributed by atoms with Crippen molar-refractivity contribution in [2.75, 3.05) is 6.61 Å². The molecule has 0 saturated carbocycles. The third kappa shape index (κ3) is 5.44. The van der Waals surface area contributed by atoms with Crippen molar-refractivity contribution in [3.05, 3.63) is 75.8 Å². The second-order valence-electron chi connectivity index (χ2n) is 6.09. The van der Waals surface area contributed by atoms with Crippen LogP contribution in [0.1, 0.15) is 18.1 Å². The summed E-state index contributed by atoms with van der Waals surface area (Å²) >= 11 is 11.6. The van der Waals surface area contributed by atoms with E-state index in [1.807, 2.05) is 6.07 Å². The van der Waals surface area contributed by atoms with Crippen molar-refractivity contribution >= 4 is 46.8 Å². The molecule has 8 nitrogen and oxygen atoms in total. The number of rotatable bonds is 7. The van der Waals surface area contributed by atoms with Gasteiger partial charge >= 0.3 is 5.97 Å². The number of hydrogen-bond acceptors (Lipinski definition) is 7. The molecule has 0 aliphatic carbocycles. The zero-order valence-electron chi connectivity index (χ0n) is 16.2. The van der Waals surface area contributed by atoms with Gasteiger partial charge in [0.05, 0.1) is 35.6 Å². The summed E-state index contributed by atoms with van der Waals surface area (Å²) in [6.45, 7) is 2.08. The second-order valence-corrected chi connectivity index (χ2v) is 6.86. The maximum Gasteiger partial charge on any atom is 0.343 e. The quantitative estimate of drug-likeness (QED) is 0.183. The minimum atomic E-state index is -1.02. The Bertz CT molecular complexity index is 1150. The monoisotopic (exact) mass is 463 g/mol. The molecule has 3 rings (SSSR count).